The van der Waals surface area contributed by atoms with Crippen molar-refractivity contribution in [2.24, 2.45) is 0 Å². The molecule has 0 aliphatic rings. The number of hydrogen-bond acceptors (Lipinski definition) is 4. The van der Waals surface area contributed by atoms with Crippen LogP contribution in [0.4, 0.5) is 0 Å². The van der Waals surface area contributed by atoms with E-state index in [1.807, 2.05) is 0 Å². The number of ether oxygens (including phenoxy) is 1. The monoisotopic (exact) mass is 210 g/mol. The Kier molecular flexibility index (Phi) is 3.74. The predicted octanol–water partition coefficient (Wildman–Crippen LogP) is 0.401. The summed E-state index contributed by atoms with van der Waals surface area (Å²) in [6, 6.07) is 1.51. The minimum atomic E-state index is -0.356. The molecule has 1 rings (SSSR count). The van der Waals surface area contributed by atoms with Crippen molar-refractivity contribution < 1.29 is 9.53 Å². The van der Waals surface area contributed by atoms with Gasteiger partial charge in [0.2, 0.25) is 0 Å². The Morgan fingerprint density at radius 3 is 2.80 bits per heavy atom. The minimum absolute atomic E-state index is 0.179. The van der Waals surface area contributed by atoms with Gasteiger partial charge in [0.15, 0.2) is 5.78 Å². The zero-order valence-electron chi connectivity index (χ0n) is 9.11. The molecule has 0 fully saturated rings. The Bertz CT molecular complexity index is 423. The van der Waals surface area contributed by atoms with E-state index in [1.54, 1.807) is 14.0 Å². The van der Waals surface area contributed by atoms with Gasteiger partial charge in [-0.1, -0.05) is 0 Å². The Balaban J connectivity index is 3.17. The lowest BCUT2D eigenvalue weighted by molar-refractivity contribution is 0.101. The summed E-state index contributed by atoms with van der Waals surface area (Å²) in [6.45, 7) is 3.87. The lowest BCUT2D eigenvalue weighted by Crippen LogP contribution is -2.29. The first-order valence-corrected chi connectivity index (χ1v) is 4.65. The maximum Gasteiger partial charge on any atom is 0.277 e. The molecule has 0 aliphatic carbocycles. The van der Waals surface area contributed by atoms with E-state index in [2.05, 4.69) is 5.10 Å². The third-order valence-electron chi connectivity index (χ3n) is 1.98. The zero-order valence-corrected chi connectivity index (χ0v) is 9.11. The molecule has 0 unspecified atom stereocenters. The van der Waals surface area contributed by atoms with Gasteiger partial charge >= 0.3 is 0 Å². The van der Waals surface area contributed by atoms with Crippen molar-refractivity contribution in [3.63, 3.8) is 0 Å². The number of nitrogens with zero attached hydrogens (tertiary/aromatic N) is 2. The summed E-state index contributed by atoms with van der Waals surface area (Å²) in [7, 11) is 1.55. The Hall–Kier alpha value is -1.49. The van der Waals surface area contributed by atoms with Crippen molar-refractivity contribution >= 4 is 5.78 Å². The second-order valence-electron chi connectivity index (χ2n) is 3.28. The van der Waals surface area contributed by atoms with Crippen molar-refractivity contribution in [2.75, 3.05) is 13.7 Å². The molecule has 1 aromatic heterocycles. The van der Waals surface area contributed by atoms with E-state index in [4.69, 9.17) is 4.74 Å². The Labute approximate surface area is 87.7 Å². The zero-order chi connectivity index (χ0) is 11.4. The number of aromatic nitrogens is 2. The summed E-state index contributed by atoms with van der Waals surface area (Å²) >= 11 is 0. The second kappa shape index (κ2) is 4.84. The molecule has 0 spiro atoms. The van der Waals surface area contributed by atoms with Crippen LogP contribution in [0.1, 0.15) is 23.0 Å². The summed E-state index contributed by atoms with van der Waals surface area (Å²) in [4.78, 5) is 22.9. The van der Waals surface area contributed by atoms with E-state index in [0.717, 1.165) is 0 Å². The SMILES string of the molecule is COCCn1nc(C)cc(C(C)=O)c1=O. The van der Waals surface area contributed by atoms with Gasteiger partial charge in [0.05, 0.1) is 24.4 Å². The van der Waals surface area contributed by atoms with Gasteiger partial charge < -0.3 is 4.74 Å². The van der Waals surface area contributed by atoms with Crippen LogP contribution in [0.2, 0.25) is 0 Å². The Morgan fingerprint density at radius 1 is 1.60 bits per heavy atom. The highest BCUT2D eigenvalue weighted by atomic mass is 16.5. The molecule has 0 saturated heterocycles. The summed E-state index contributed by atoms with van der Waals surface area (Å²) in [6.07, 6.45) is 0. The number of carbonyl (C=O) groups is 1. The number of carbonyl (C=O) groups excluding carboxylic acids is 1. The summed E-state index contributed by atoms with van der Waals surface area (Å²) in [5.74, 6) is -0.239. The normalized spacial score (nSPS) is 10.3. The average Bonchev–Trinajstić information content (AvgIpc) is 2.18. The number of Topliss-reactive ketones (excluding diaryl/α,β-unsaturated/α-hetero) is 1. The van der Waals surface area contributed by atoms with Gasteiger partial charge in [0.25, 0.3) is 5.56 Å². The van der Waals surface area contributed by atoms with Crippen molar-refractivity contribution in [3.8, 4) is 0 Å². The topological polar surface area (TPSA) is 61.2 Å². The first-order valence-electron chi connectivity index (χ1n) is 4.65. The van der Waals surface area contributed by atoms with E-state index < -0.39 is 0 Å². The molecule has 0 amide bonds. The van der Waals surface area contributed by atoms with Gasteiger partial charge in [0.1, 0.15) is 0 Å². The fraction of sp³-hybridized carbons (Fsp3) is 0.500. The molecule has 82 valence electrons. The average molecular weight is 210 g/mol. The third kappa shape index (κ3) is 2.73. The molecule has 0 saturated carbocycles. The van der Waals surface area contributed by atoms with E-state index in [1.165, 1.54) is 17.7 Å². The number of rotatable bonds is 4. The molecule has 0 aromatic carbocycles. The molecular formula is C10H14N2O3. The van der Waals surface area contributed by atoms with Crippen LogP contribution in [-0.4, -0.2) is 29.3 Å². The first-order chi connectivity index (χ1) is 7.06. The molecule has 0 radical (unpaired) electrons. The van der Waals surface area contributed by atoms with Crippen LogP contribution in [0.3, 0.4) is 0 Å². The lowest BCUT2D eigenvalue weighted by atomic mass is 10.2. The van der Waals surface area contributed by atoms with Crippen LogP contribution in [0.25, 0.3) is 0 Å². The van der Waals surface area contributed by atoms with E-state index >= 15 is 0 Å². The maximum absolute atomic E-state index is 11.7. The van der Waals surface area contributed by atoms with Gasteiger partial charge in [-0.25, -0.2) is 4.68 Å². The van der Waals surface area contributed by atoms with Crippen molar-refractivity contribution in [2.45, 2.75) is 20.4 Å². The molecule has 0 atom stereocenters. The maximum atomic E-state index is 11.7. The molecule has 1 heterocycles. The van der Waals surface area contributed by atoms with Gasteiger partial charge in [-0.05, 0) is 19.9 Å². The number of ketones is 1. The predicted molar refractivity (Wildman–Crippen MR) is 55.1 cm³/mol. The molecule has 15 heavy (non-hydrogen) atoms. The van der Waals surface area contributed by atoms with E-state index in [9.17, 15) is 9.59 Å². The fourth-order valence-electron chi connectivity index (χ4n) is 1.26. The second-order valence-corrected chi connectivity index (χ2v) is 3.28. The highest BCUT2D eigenvalue weighted by Crippen LogP contribution is 1.96. The first kappa shape index (κ1) is 11.6. The van der Waals surface area contributed by atoms with Crippen molar-refractivity contribution in [3.05, 3.63) is 27.7 Å². The van der Waals surface area contributed by atoms with Crippen LogP contribution in [-0.2, 0) is 11.3 Å². The van der Waals surface area contributed by atoms with Crippen LogP contribution < -0.4 is 5.56 Å². The summed E-state index contributed by atoms with van der Waals surface area (Å²) in [5, 5.41) is 4.03. The molecule has 1 aromatic rings. The van der Waals surface area contributed by atoms with Gasteiger partial charge in [0, 0.05) is 7.11 Å². The smallest absolute Gasteiger partial charge is 0.277 e. The van der Waals surface area contributed by atoms with Crippen molar-refractivity contribution in [1.82, 2.24) is 9.78 Å². The van der Waals surface area contributed by atoms with E-state index in [0.29, 0.717) is 18.8 Å². The fourth-order valence-corrected chi connectivity index (χ4v) is 1.26. The van der Waals surface area contributed by atoms with E-state index in [-0.39, 0.29) is 16.9 Å². The summed E-state index contributed by atoms with van der Waals surface area (Å²) in [5.41, 5.74) is 0.472. The molecule has 5 nitrogen and oxygen atoms in total. The van der Waals surface area contributed by atoms with Crippen LogP contribution >= 0.6 is 0 Å². The largest absolute Gasteiger partial charge is 0.383 e. The minimum Gasteiger partial charge on any atom is -0.383 e. The van der Waals surface area contributed by atoms with Crippen molar-refractivity contribution in [1.29, 1.82) is 0 Å². The molecular weight excluding hydrogens is 196 g/mol. The highest BCUT2D eigenvalue weighted by Gasteiger charge is 2.09. The number of aryl methyl sites for hydroxylation is 1. The quantitative estimate of drug-likeness (QED) is 0.675. The third-order valence-corrected chi connectivity index (χ3v) is 1.98. The van der Waals surface area contributed by atoms with Gasteiger partial charge in [-0.2, -0.15) is 5.10 Å². The lowest BCUT2D eigenvalue weighted by Gasteiger charge is -2.06. The number of hydrogen-bond donors (Lipinski definition) is 0. The van der Waals surface area contributed by atoms with Crippen LogP contribution in [0, 0.1) is 6.92 Å². The Morgan fingerprint density at radius 2 is 2.27 bits per heavy atom. The van der Waals surface area contributed by atoms with Gasteiger partial charge in [-0.3, -0.25) is 9.59 Å². The summed E-state index contributed by atoms with van der Waals surface area (Å²) < 4.78 is 6.12. The molecule has 0 N–H and O–H groups in total. The molecule has 5 heteroatoms. The molecule has 0 bridgehead atoms. The van der Waals surface area contributed by atoms with Crippen LogP contribution in [0.5, 0.6) is 0 Å². The van der Waals surface area contributed by atoms with Crippen LogP contribution in [0.15, 0.2) is 10.9 Å². The van der Waals surface area contributed by atoms with Gasteiger partial charge in [-0.15, -0.1) is 0 Å². The standard InChI is InChI=1S/C10H14N2O3/c1-7-6-9(8(2)13)10(14)12(11-7)4-5-15-3/h6H,4-5H2,1-3H3. The number of methoxy groups -OCH3 is 1. The highest BCUT2D eigenvalue weighted by molar-refractivity contribution is 5.93. The molecule has 0 aliphatic heterocycles.